The normalized spacial score (nSPS) is 17.1. The number of para-hydroxylation sites is 1. The van der Waals surface area contributed by atoms with Gasteiger partial charge in [0, 0.05) is 5.69 Å². The van der Waals surface area contributed by atoms with Crippen molar-refractivity contribution >= 4 is 17.6 Å². The Kier molecular flexibility index (Phi) is 4.48. The number of hydrogen-bond donors (Lipinski definition) is 2. The van der Waals surface area contributed by atoms with E-state index in [4.69, 9.17) is 5.73 Å². The fraction of sp³-hybridized carbons (Fsp3) is 0.438. The third-order valence-electron chi connectivity index (χ3n) is 4.01. The molecule has 0 bridgehead atoms. The Hall–Kier alpha value is -2.21. The topological polar surface area (TPSA) is 80.0 Å². The summed E-state index contributed by atoms with van der Waals surface area (Å²) in [6, 6.07) is 9.98. The number of likely N-dealkylation sites (tertiary alicyclic amines) is 1. The molecular weight excluding hydrogens is 276 g/mol. The number of nitrogens with one attached hydrogen (secondary N) is 1. The smallest absolute Gasteiger partial charge is 0.232 e. The molecule has 0 unspecified atom stereocenters. The van der Waals surface area contributed by atoms with Gasteiger partial charge >= 0.3 is 0 Å². The van der Waals surface area contributed by atoms with Crippen LogP contribution < -0.4 is 11.1 Å². The van der Waals surface area contributed by atoms with Gasteiger partial charge < -0.3 is 11.1 Å². The minimum Gasteiger partial charge on any atom is -0.368 e. The molecule has 1 atom stereocenters. The number of aromatic nitrogens is 3. The van der Waals surface area contributed by atoms with E-state index in [1.165, 1.54) is 19.3 Å². The number of nitrogens with two attached hydrogens (primary N) is 1. The van der Waals surface area contributed by atoms with E-state index in [9.17, 15) is 0 Å². The lowest BCUT2D eigenvalue weighted by atomic mass is 10.1. The van der Waals surface area contributed by atoms with E-state index in [-0.39, 0.29) is 12.0 Å². The van der Waals surface area contributed by atoms with E-state index >= 15 is 0 Å². The first-order chi connectivity index (χ1) is 10.7. The summed E-state index contributed by atoms with van der Waals surface area (Å²) in [6.45, 7) is 4.31. The average Bonchev–Trinajstić information content (AvgIpc) is 2.55. The van der Waals surface area contributed by atoms with Crippen molar-refractivity contribution in [3.05, 3.63) is 36.2 Å². The van der Waals surface area contributed by atoms with E-state index in [1.54, 1.807) is 0 Å². The summed E-state index contributed by atoms with van der Waals surface area (Å²) < 4.78 is 0. The van der Waals surface area contributed by atoms with Crippen molar-refractivity contribution in [2.45, 2.75) is 32.2 Å². The summed E-state index contributed by atoms with van der Waals surface area (Å²) in [5.41, 5.74) is 6.79. The van der Waals surface area contributed by atoms with Crippen molar-refractivity contribution in [1.29, 1.82) is 0 Å². The lowest BCUT2D eigenvalue weighted by molar-refractivity contribution is 0.169. The molecule has 1 aliphatic rings. The molecule has 0 spiro atoms. The highest BCUT2D eigenvalue weighted by Gasteiger charge is 2.21. The van der Waals surface area contributed by atoms with Gasteiger partial charge in [0.1, 0.15) is 0 Å². The summed E-state index contributed by atoms with van der Waals surface area (Å²) in [4.78, 5) is 15.5. The number of hydrogen-bond acceptors (Lipinski definition) is 6. The van der Waals surface area contributed by atoms with Gasteiger partial charge in [-0.2, -0.15) is 15.0 Å². The molecule has 6 heteroatoms. The second-order valence-electron chi connectivity index (χ2n) is 5.64. The SMILES string of the molecule is C[C@@H](c1nc(N)nc(Nc2ccccc2)n1)N1CCCCC1. The molecule has 3 N–H and O–H groups in total. The molecule has 1 fully saturated rings. The van der Waals surface area contributed by atoms with Crippen LogP contribution >= 0.6 is 0 Å². The molecule has 0 amide bonds. The molecule has 2 heterocycles. The van der Waals surface area contributed by atoms with Crippen molar-refractivity contribution in [3.8, 4) is 0 Å². The fourth-order valence-corrected chi connectivity index (χ4v) is 2.77. The van der Waals surface area contributed by atoms with Gasteiger partial charge in [-0.3, -0.25) is 4.90 Å². The molecule has 22 heavy (non-hydrogen) atoms. The second-order valence-corrected chi connectivity index (χ2v) is 5.64. The first-order valence-corrected chi connectivity index (χ1v) is 7.80. The number of nitrogen functional groups attached to an aromatic ring is 1. The van der Waals surface area contributed by atoms with E-state index in [1.807, 2.05) is 30.3 Å². The van der Waals surface area contributed by atoms with Crippen LogP contribution in [0, 0.1) is 0 Å². The van der Waals surface area contributed by atoms with Gasteiger partial charge in [0.15, 0.2) is 5.82 Å². The second kappa shape index (κ2) is 6.70. The van der Waals surface area contributed by atoms with Crippen molar-refractivity contribution in [1.82, 2.24) is 19.9 Å². The minimum atomic E-state index is 0.155. The highest BCUT2D eigenvalue weighted by Crippen LogP contribution is 2.23. The van der Waals surface area contributed by atoms with Gasteiger partial charge in [0.2, 0.25) is 11.9 Å². The average molecular weight is 298 g/mol. The van der Waals surface area contributed by atoms with Gasteiger partial charge in [0.25, 0.3) is 0 Å². The summed E-state index contributed by atoms with van der Waals surface area (Å²) in [5, 5.41) is 3.18. The van der Waals surface area contributed by atoms with Gasteiger partial charge in [-0.15, -0.1) is 0 Å². The van der Waals surface area contributed by atoms with Crippen LogP contribution in [0.4, 0.5) is 17.6 Å². The van der Waals surface area contributed by atoms with Gasteiger partial charge in [-0.05, 0) is 45.0 Å². The van der Waals surface area contributed by atoms with Crippen LogP contribution in [0.2, 0.25) is 0 Å². The lowest BCUT2D eigenvalue weighted by Gasteiger charge is -2.31. The largest absolute Gasteiger partial charge is 0.368 e. The Morgan fingerprint density at radius 1 is 1.05 bits per heavy atom. The van der Waals surface area contributed by atoms with Gasteiger partial charge in [-0.25, -0.2) is 0 Å². The molecule has 1 saturated heterocycles. The molecule has 116 valence electrons. The van der Waals surface area contributed by atoms with Crippen LogP contribution in [-0.2, 0) is 0 Å². The summed E-state index contributed by atoms with van der Waals surface area (Å²) in [5.74, 6) is 1.48. The van der Waals surface area contributed by atoms with Crippen LogP contribution in [0.15, 0.2) is 30.3 Å². The van der Waals surface area contributed by atoms with Crippen molar-refractivity contribution in [3.63, 3.8) is 0 Å². The summed E-state index contributed by atoms with van der Waals surface area (Å²) in [7, 11) is 0. The molecule has 1 aromatic carbocycles. The summed E-state index contributed by atoms with van der Waals surface area (Å²) in [6.07, 6.45) is 3.78. The maximum absolute atomic E-state index is 5.86. The van der Waals surface area contributed by atoms with Crippen LogP contribution in [0.5, 0.6) is 0 Å². The molecule has 2 aromatic rings. The van der Waals surface area contributed by atoms with Crippen molar-refractivity contribution in [2.24, 2.45) is 0 Å². The fourth-order valence-electron chi connectivity index (χ4n) is 2.77. The molecule has 0 aliphatic carbocycles. The highest BCUT2D eigenvalue weighted by molar-refractivity contribution is 5.53. The zero-order valence-corrected chi connectivity index (χ0v) is 12.9. The third-order valence-corrected chi connectivity index (χ3v) is 4.01. The van der Waals surface area contributed by atoms with Gasteiger partial charge in [0.05, 0.1) is 6.04 Å². The molecule has 1 aliphatic heterocycles. The predicted octanol–water partition coefficient (Wildman–Crippen LogP) is 2.74. The molecule has 3 rings (SSSR count). The molecule has 0 saturated carbocycles. The zero-order valence-electron chi connectivity index (χ0n) is 12.9. The van der Waals surface area contributed by atoms with Crippen LogP contribution in [0.25, 0.3) is 0 Å². The summed E-state index contributed by atoms with van der Waals surface area (Å²) >= 11 is 0. The predicted molar refractivity (Wildman–Crippen MR) is 87.8 cm³/mol. The molecule has 0 radical (unpaired) electrons. The third kappa shape index (κ3) is 3.51. The molecule has 1 aromatic heterocycles. The number of anilines is 3. The quantitative estimate of drug-likeness (QED) is 0.903. The van der Waals surface area contributed by atoms with Crippen LogP contribution in [-0.4, -0.2) is 32.9 Å². The number of piperidine rings is 1. The zero-order chi connectivity index (χ0) is 15.4. The van der Waals surface area contributed by atoms with E-state index in [0.717, 1.165) is 24.6 Å². The van der Waals surface area contributed by atoms with E-state index in [2.05, 4.69) is 32.1 Å². The van der Waals surface area contributed by atoms with Crippen molar-refractivity contribution in [2.75, 3.05) is 24.1 Å². The number of rotatable bonds is 4. The maximum atomic E-state index is 5.86. The minimum absolute atomic E-state index is 0.155. The first kappa shape index (κ1) is 14.7. The van der Waals surface area contributed by atoms with E-state index < -0.39 is 0 Å². The van der Waals surface area contributed by atoms with Crippen molar-refractivity contribution < 1.29 is 0 Å². The number of nitrogens with zero attached hydrogens (tertiary/aromatic N) is 4. The Bertz CT molecular complexity index is 609. The Balaban J connectivity index is 1.80. The molecule has 6 nitrogen and oxygen atoms in total. The van der Waals surface area contributed by atoms with E-state index in [0.29, 0.717) is 5.95 Å². The molecular formula is C16H22N6. The highest BCUT2D eigenvalue weighted by atomic mass is 15.2. The maximum Gasteiger partial charge on any atom is 0.232 e. The first-order valence-electron chi connectivity index (χ1n) is 7.80. The van der Waals surface area contributed by atoms with Crippen LogP contribution in [0.1, 0.15) is 38.1 Å². The standard InChI is InChI=1S/C16H22N6/c1-12(22-10-6-3-7-11-22)14-19-15(17)21-16(20-14)18-13-8-4-2-5-9-13/h2,4-5,8-9,12H,3,6-7,10-11H2,1H3,(H3,17,18,19,20,21)/t12-/m0/s1. The lowest BCUT2D eigenvalue weighted by Crippen LogP contribution is -2.33. The Morgan fingerprint density at radius 3 is 2.50 bits per heavy atom. The number of benzene rings is 1. The van der Waals surface area contributed by atoms with Gasteiger partial charge in [-0.1, -0.05) is 24.6 Å². The monoisotopic (exact) mass is 298 g/mol. The Labute approximate surface area is 130 Å². The van der Waals surface area contributed by atoms with Crippen LogP contribution in [0.3, 0.4) is 0 Å². The Morgan fingerprint density at radius 2 is 1.77 bits per heavy atom.